The van der Waals surface area contributed by atoms with E-state index in [1.54, 1.807) is 12.1 Å². The minimum Gasteiger partial charge on any atom is -0.508 e. The number of benzene rings is 2. The molecule has 1 unspecified atom stereocenters. The fourth-order valence-corrected chi connectivity index (χ4v) is 2.79. The molecule has 0 aliphatic rings. The van der Waals surface area contributed by atoms with Crippen LogP contribution < -0.4 is 10.6 Å². The molecule has 2 rings (SSSR count). The van der Waals surface area contributed by atoms with Crippen molar-refractivity contribution < 1.29 is 14.7 Å². The molecule has 5 nitrogen and oxygen atoms in total. The Morgan fingerprint density at radius 2 is 1.59 bits per heavy atom. The molecule has 0 spiro atoms. The van der Waals surface area contributed by atoms with Gasteiger partial charge in [0.2, 0.25) is 11.8 Å². The van der Waals surface area contributed by atoms with Crippen molar-refractivity contribution >= 4 is 17.5 Å². The second kappa shape index (κ2) is 9.76. The van der Waals surface area contributed by atoms with E-state index < -0.39 is 0 Å². The number of hydrogen-bond donors (Lipinski definition) is 3. The topological polar surface area (TPSA) is 78.4 Å². The van der Waals surface area contributed by atoms with Crippen molar-refractivity contribution in [2.24, 2.45) is 5.92 Å². The van der Waals surface area contributed by atoms with Crippen molar-refractivity contribution in [3.63, 3.8) is 0 Å². The lowest BCUT2D eigenvalue weighted by atomic mass is 9.96. The first kappa shape index (κ1) is 20.5. The molecule has 5 heteroatoms. The number of amides is 2. The number of carbonyl (C=O) groups excluding carboxylic acids is 2. The molecule has 2 aromatic rings. The minimum absolute atomic E-state index is 0.0935. The molecule has 3 N–H and O–H groups in total. The van der Waals surface area contributed by atoms with Gasteiger partial charge in [0, 0.05) is 18.7 Å². The summed E-state index contributed by atoms with van der Waals surface area (Å²) in [6, 6.07) is 14.4. The summed E-state index contributed by atoms with van der Waals surface area (Å²) in [4.78, 5) is 24.2. The van der Waals surface area contributed by atoms with Crippen molar-refractivity contribution in [1.82, 2.24) is 5.32 Å². The Morgan fingerprint density at radius 1 is 0.963 bits per heavy atom. The number of carbonyl (C=O) groups is 2. The summed E-state index contributed by atoms with van der Waals surface area (Å²) in [6.45, 7) is 6.51. The van der Waals surface area contributed by atoms with Crippen molar-refractivity contribution in [2.75, 3.05) is 11.9 Å². The molecular formula is C22H28N2O3. The molecule has 27 heavy (non-hydrogen) atoms. The van der Waals surface area contributed by atoms with E-state index in [2.05, 4.69) is 36.6 Å². The quantitative estimate of drug-likeness (QED) is 0.620. The van der Waals surface area contributed by atoms with Crippen molar-refractivity contribution in [2.45, 2.75) is 39.5 Å². The third-order valence-electron chi connectivity index (χ3n) is 4.32. The van der Waals surface area contributed by atoms with Gasteiger partial charge < -0.3 is 15.7 Å². The number of nitrogens with one attached hydrogen (secondary N) is 2. The van der Waals surface area contributed by atoms with Crippen LogP contribution in [0.3, 0.4) is 0 Å². The van der Waals surface area contributed by atoms with Crippen LogP contribution in [-0.4, -0.2) is 23.5 Å². The second-order valence-corrected chi connectivity index (χ2v) is 7.20. The molecule has 0 heterocycles. The van der Waals surface area contributed by atoms with Gasteiger partial charge in [-0.1, -0.05) is 38.1 Å². The third-order valence-corrected chi connectivity index (χ3v) is 4.32. The van der Waals surface area contributed by atoms with Gasteiger partial charge in [-0.2, -0.15) is 0 Å². The Bertz CT molecular complexity index is 752. The van der Waals surface area contributed by atoms with E-state index in [9.17, 15) is 14.7 Å². The van der Waals surface area contributed by atoms with Crippen LogP contribution >= 0.6 is 0 Å². The van der Waals surface area contributed by atoms with Gasteiger partial charge in [0.1, 0.15) is 5.75 Å². The highest BCUT2D eigenvalue weighted by molar-refractivity contribution is 5.91. The molecular weight excluding hydrogens is 340 g/mol. The highest BCUT2D eigenvalue weighted by Crippen LogP contribution is 2.18. The monoisotopic (exact) mass is 368 g/mol. The van der Waals surface area contributed by atoms with Crippen molar-refractivity contribution in [3.05, 3.63) is 59.7 Å². The first-order valence-corrected chi connectivity index (χ1v) is 9.30. The predicted octanol–water partition coefficient (Wildman–Crippen LogP) is 3.84. The van der Waals surface area contributed by atoms with Gasteiger partial charge in [0.15, 0.2) is 0 Å². The Balaban J connectivity index is 1.77. The largest absolute Gasteiger partial charge is 0.508 e. The Kier molecular flexibility index (Phi) is 7.41. The predicted molar refractivity (Wildman–Crippen MR) is 108 cm³/mol. The van der Waals surface area contributed by atoms with Crippen LogP contribution in [-0.2, 0) is 16.0 Å². The van der Waals surface area contributed by atoms with Gasteiger partial charge in [-0.3, -0.25) is 9.59 Å². The highest BCUT2D eigenvalue weighted by Gasteiger charge is 2.15. The number of rotatable bonds is 8. The first-order chi connectivity index (χ1) is 12.8. The maximum absolute atomic E-state index is 12.3. The van der Waals surface area contributed by atoms with Crippen molar-refractivity contribution in [3.8, 4) is 5.75 Å². The van der Waals surface area contributed by atoms with Gasteiger partial charge in [0.05, 0.1) is 5.92 Å². The molecule has 2 aromatic carbocycles. The minimum atomic E-state index is -0.266. The van der Waals surface area contributed by atoms with Crippen LogP contribution in [0.4, 0.5) is 5.69 Å². The summed E-state index contributed by atoms with van der Waals surface area (Å²) < 4.78 is 0. The molecule has 0 aliphatic carbocycles. The van der Waals surface area contributed by atoms with Gasteiger partial charge >= 0.3 is 0 Å². The Morgan fingerprint density at radius 3 is 2.19 bits per heavy atom. The van der Waals surface area contributed by atoms with Gasteiger partial charge in [-0.15, -0.1) is 0 Å². The van der Waals surface area contributed by atoms with Crippen LogP contribution in [0.5, 0.6) is 5.75 Å². The normalized spacial score (nSPS) is 11.9. The lowest BCUT2D eigenvalue weighted by Crippen LogP contribution is -2.31. The summed E-state index contributed by atoms with van der Waals surface area (Å²) in [5, 5.41) is 14.8. The van der Waals surface area contributed by atoms with E-state index in [-0.39, 0.29) is 36.4 Å². The number of aromatic hydroxyl groups is 1. The molecule has 0 radical (unpaired) electrons. The molecule has 144 valence electrons. The van der Waals surface area contributed by atoms with E-state index in [1.807, 2.05) is 19.1 Å². The van der Waals surface area contributed by atoms with Gasteiger partial charge in [-0.05, 0) is 54.7 Å². The zero-order chi connectivity index (χ0) is 19.8. The summed E-state index contributed by atoms with van der Waals surface area (Å²) in [7, 11) is 0. The Hall–Kier alpha value is -2.82. The lowest BCUT2D eigenvalue weighted by Gasteiger charge is -2.14. The van der Waals surface area contributed by atoms with E-state index >= 15 is 0 Å². The summed E-state index contributed by atoms with van der Waals surface area (Å²) in [6.07, 6.45) is 1.21. The standard InChI is InChI=1S/C22H28N2O3/c1-15(2)14-17-4-6-18(7-5-17)16(3)22(27)23-13-12-21(26)24-19-8-10-20(25)11-9-19/h4-11,15-16,25H,12-14H2,1-3H3,(H,23,27)(H,24,26). The van der Waals surface area contributed by atoms with E-state index in [4.69, 9.17) is 0 Å². The maximum Gasteiger partial charge on any atom is 0.227 e. The van der Waals surface area contributed by atoms with Crippen LogP contribution in [0.25, 0.3) is 0 Å². The number of hydrogen-bond acceptors (Lipinski definition) is 3. The first-order valence-electron chi connectivity index (χ1n) is 9.30. The number of phenolic OH excluding ortho intramolecular Hbond substituents is 1. The molecule has 1 atom stereocenters. The average Bonchev–Trinajstić information content (AvgIpc) is 2.63. The third kappa shape index (κ3) is 6.77. The number of anilines is 1. The molecule has 0 aliphatic heterocycles. The van der Waals surface area contributed by atoms with Crippen LogP contribution in [0.15, 0.2) is 48.5 Å². The van der Waals surface area contributed by atoms with Crippen molar-refractivity contribution in [1.29, 1.82) is 0 Å². The van der Waals surface area contributed by atoms with E-state index in [0.29, 0.717) is 11.6 Å². The molecule has 0 saturated heterocycles. The molecule has 0 saturated carbocycles. The molecule has 0 aromatic heterocycles. The second-order valence-electron chi connectivity index (χ2n) is 7.20. The zero-order valence-electron chi connectivity index (χ0n) is 16.2. The SMILES string of the molecule is CC(C)Cc1ccc(C(C)C(=O)NCCC(=O)Nc2ccc(O)cc2)cc1. The smallest absolute Gasteiger partial charge is 0.227 e. The molecule has 2 amide bonds. The van der Waals surface area contributed by atoms with Crippen LogP contribution in [0.2, 0.25) is 0 Å². The summed E-state index contributed by atoms with van der Waals surface area (Å²) in [5.41, 5.74) is 2.85. The van der Waals surface area contributed by atoms with E-state index in [1.165, 1.54) is 17.7 Å². The fourth-order valence-electron chi connectivity index (χ4n) is 2.79. The Labute approximate surface area is 160 Å². The van der Waals surface area contributed by atoms with Gasteiger partial charge in [0.25, 0.3) is 0 Å². The average molecular weight is 368 g/mol. The van der Waals surface area contributed by atoms with Gasteiger partial charge in [-0.25, -0.2) is 0 Å². The fraction of sp³-hybridized carbons (Fsp3) is 0.364. The lowest BCUT2D eigenvalue weighted by molar-refractivity contribution is -0.122. The summed E-state index contributed by atoms with van der Waals surface area (Å²) >= 11 is 0. The van der Waals surface area contributed by atoms with E-state index in [0.717, 1.165) is 12.0 Å². The van der Waals surface area contributed by atoms with Crippen LogP contribution in [0, 0.1) is 5.92 Å². The number of phenols is 1. The highest BCUT2D eigenvalue weighted by atomic mass is 16.3. The van der Waals surface area contributed by atoms with Crippen LogP contribution in [0.1, 0.15) is 44.2 Å². The maximum atomic E-state index is 12.3. The molecule has 0 fully saturated rings. The summed E-state index contributed by atoms with van der Waals surface area (Å²) in [5.74, 6) is 0.199. The molecule has 0 bridgehead atoms. The zero-order valence-corrected chi connectivity index (χ0v) is 16.2.